The van der Waals surface area contributed by atoms with Crippen LogP contribution in [0, 0.1) is 10.8 Å². The first kappa shape index (κ1) is 15.3. The van der Waals surface area contributed by atoms with Gasteiger partial charge in [-0.05, 0) is 44.2 Å². The van der Waals surface area contributed by atoms with Gasteiger partial charge in [-0.1, -0.05) is 20.8 Å². The molecule has 19 heavy (non-hydrogen) atoms. The number of nitrogens with zero attached hydrogens (tertiary/aromatic N) is 1. The van der Waals surface area contributed by atoms with Gasteiger partial charge in [-0.2, -0.15) is 0 Å². The predicted octanol–water partition coefficient (Wildman–Crippen LogP) is 2.51. The number of rotatable bonds is 7. The molecule has 2 saturated heterocycles. The molecule has 0 spiro atoms. The van der Waals surface area contributed by atoms with Crippen molar-refractivity contribution in [3.8, 4) is 0 Å². The fourth-order valence-corrected chi connectivity index (χ4v) is 3.82. The van der Waals surface area contributed by atoms with Crippen LogP contribution in [0.25, 0.3) is 0 Å². The van der Waals surface area contributed by atoms with Crippen LogP contribution in [-0.2, 0) is 4.74 Å². The molecule has 1 N–H and O–H groups in total. The Morgan fingerprint density at radius 2 is 1.89 bits per heavy atom. The molecule has 0 aliphatic carbocycles. The molecule has 2 aliphatic rings. The molecule has 0 aromatic heterocycles. The average Bonchev–Trinajstić information content (AvgIpc) is 3.05. The minimum Gasteiger partial charge on any atom is -0.381 e. The second-order valence-electron chi connectivity index (χ2n) is 6.75. The molecule has 0 amide bonds. The molecule has 2 heterocycles. The van der Waals surface area contributed by atoms with Crippen molar-refractivity contribution >= 4 is 0 Å². The van der Waals surface area contributed by atoms with Gasteiger partial charge in [0.2, 0.25) is 0 Å². The molecule has 1 atom stereocenters. The van der Waals surface area contributed by atoms with E-state index in [0.717, 1.165) is 26.3 Å². The zero-order valence-electron chi connectivity index (χ0n) is 13.1. The monoisotopic (exact) mass is 268 g/mol. The molecule has 0 saturated carbocycles. The SMILES string of the molecule is CCNCC1(CN2CCC(CC)(CC)C2)CCOC1. The van der Waals surface area contributed by atoms with E-state index in [1.807, 2.05) is 0 Å². The summed E-state index contributed by atoms with van der Waals surface area (Å²) >= 11 is 0. The van der Waals surface area contributed by atoms with Gasteiger partial charge in [-0.15, -0.1) is 0 Å². The van der Waals surface area contributed by atoms with Crippen molar-refractivity contribution in [2.75, 3.05) is 45.9 Å². The molecule has 2 rings (SSSR count). The van der Waals surface area contributed by atoms with Gasteiger partial charge in [0, 0.05) is 31.7 Å². The van der Waals surface area contributed by atoms with Gasteiger partial charge in [0.1, 0.15) is 0 Å². The first-order valence-corrected chi connectivity index (χ1v) is 8.18. The van der Waals surface area contributed by atoms with E-state index in [0.29, 0.717) is 10.8 Å². The second-order valence-corrected chi connectivity index (χ2v) is 6.75. The van der Waals surface area contributed by atoms with Crippen LogP contribution in [0.3, 0.4) is 0 Å². The summed E-state index contributed by atoms with van der Waals surface area (Å²) in [6, 6.07) is 0. The highest BCUT2D eigenvalue weighted by molar-refractivity contribution is 4.94. The van der Waals surface area contributed by atoms with E-state index in [-0.39, 0.29) is 0 Å². The number of hydrogen-bond donors (Lipinski definition) is 1. The number of nitrogens with one attached hydrogen (secondary N) is 1. The van der Waals surface area contributed by atoms with Crippen LogP contribution < -0.4 is 5.32 Å². The maximum absolute atomic E-state index is 5.71. The third-order valence-electron chi connectivity index (χ3n) is 5.51. The number of ether oxygens (including phenoxy) is 1. The molecule has 0 radical (unpaired) electrons. The van der Waals surface area contributed by atoms with E-state index in [1.165, 1.54) is 45.3 Å². The molecule has 2 aliphatic heterocycles. The first-order valence-electron chi connectivity index (χ1n) is 8.18. The quantitative estimate of drug-likeness (QED) is 0.768. The van der Waals surface area contributed by atoms with Crippen molar-refractivity contribution in [1.29, 1.82) is 0 Å². The van der Waals surface area contributed by atoms with Crippen molar-refractivity contribution in [1.82, 2.24) is 10.2 Å². The lowest BCUT2D eigenvalue weighted by Gasteiger charge is -2.34. The van der Waals surface area contributed by atoms with Gasteiger partial charge < -0.3 is 15.0 Å². The summed E-state index contributed by atoms with van der Waals surface area (Å²) in [6.07, 6.45) is 5.27. The maximum atomic E-state index is 5.71. The summed E-state index contributed by atoms with van der Waals surface area (Å²) in [5, 5.41) is 3.55. The van der Waals surface area contributed by atoms with Crippen LogP contribution in [0.4, 0.5) is 0 Å². The Kier molecular flexibility index (Phi) is 5.27. The minimum absolute atomic E-state index is 0.369. The molecule has 112 valence electrons. The van der Waals surface area contributed by atoms with Gasteiger partial charge >= 0.3 is 0 Å². The Morgan fingerprint density at radius 3 is 2.42 bits per heavy atom. The fraction of sp³-hybridized carbons (Fsp3) is 1.00. The van der Waals surface area contributed by atoms with Gasteiger partial charge in [-0.3, -0.25) is 0 Å². The Labute approximate surface area is 119 Å². The van der Waals surface area contributed by atoms with Gasteiger partial charge in [0.05, 0.1) is 6.61 Å². The Morgan fingerprint density at radius 1 is 1.11 bits per heavy atom. The van der Waals surface area contributed by atoms with Crippen LogP contribution in [0.2, 0.25) is 0 Å². The molecule has 3 nitrogen and oxygen atoms in total. The summed E-state index contributed by atoms with van der Waals surface area (Å²) in [7, 11) is 0. The van der Waals surface area contributed by atoms with Crippen molar-refractivity contribution in [2.24, 2.45) is 10.8 Å². The molecule has 1 unspecified atom stereocenters. The van der Waals surface area contributed by atoms with E-state index in [4.69, 9.17) is 4.74 Å². The standard InChI is InChI=1S/C16H32N2O/c1-4-15(5-2)7-9-18(12-15)13-16(11-17-6-3)8-10-19-14-16/h17H,4-14H2,1-3H3. The molecule has 0 bridgehead atoms. The molecule has 0 aromatic carbocycles. The molecule has 0 aromatic rings. The van der Waals surface area contributed by atoms with Crippen LogP contribution in [-0.4, -0.2) is 50.8 Å². The Bertz CT molecular complexity index is 270. The summed E-state index contributed by atoms with van der Waals surface area (Å²) in [5.74, 6) is 0. The topological polar surface area (TPSA) is 24.5 Å². The lowest BCUT2D eigenvalue weighted by molar-refractivity contribution is 0.112. The van der Waals surface area contributed by atoms with Crippen molar-refractivity contribution < 1.29 is 4.74 Å². The molecule has 2 fully saturated rings. The van der Waals surface area contributed by atoms with E-state index >= 15 is 0 Å². The van der Waals surface area contributed by atoms with Crippen molar-refractivity contribution in [3.63, 3.8) is 0 Å². The number of likely N-dealkylation sites (tertiary alicyclic amines) is 1. The van der Waals surface area contributed by atoms with E-state index < -0.39 is 0 Å². The second kappa shape index (κ2) is 6.55. The molecular weight excluding hydrogens is 236 g/mol. The van der Waals surface area contributed by atoms with Crippen LogP contribution >= 0.6 is 0 Å². The third kappa shape index (κ3) is 3.50. The maximum Gasteiger partial charge on any atom is 0.0547 e. The fourth-order valence-electron chi connectivity index (χ4n) is 3.82. The Hall–Kier alpha value is -0.120. The van der Waals surface area contributed by atoms with Gasteiger partial charge in [0.25, 0.3) is 0 Å². The smallest absolute Gasteiger partial charge is 0.0547 e. The van der Waals surface area contributed by atoms with E-state index in [1.54, 1.807) is 0 Å². The van der Waals surface area contributed by atoms with Crippen LogP contribution in [0.1, 0.15) is 46.5 Å². The third-order valence-corrected chi connectivity index (χ3v) is 5.51. The first-order chi connectivity index (χ1) is 9.17. The summed E-state index contributed by atoms with van der Waals surface area (Å²) in [4.78, 5) is 2.71. The summed E-state index contributed by atoms with van der Waals surface area (Å²) in [5.41, 5.74) is 0.965. The Balaban J connectivity index is 1.92. The average molecular weight is 268 g/mol. The van der Waals surface area contributed by atoms with E-state index in [2.05, 4.69) is 31.0 Å². The summed E-state index contributed by atoms with van der Waals surface area (Å²) in [6.45, 7) is 14.8. The van der Waals surface area contributed by atoms with Crippen LogP contribution in [0.5, 0.6) is 0 Å². The highest BCUT2D eigenvalue weighted by Gasteiger charge is 2.41. The minimum atomic E-state index is 0.369. The van der Waals surface area contributed by atoms with E-state index in [9.17, 15) is 0 Å². The zero-order valence-corrected chi connectivity index (χ0v) is 13.1. The lowest BCUT2D eigenvalue weighted by atomic mass is 9.81. The lowest BCUT2D eigenvalue weighted by Crippen LogP contribution is -2.44. The van der Waals surface area contributed by atoms with Crippen LogP contribution in [0.15, 0.2) is 0 Å². The van der Waals surface area contributed by atoms with Gasteiger partial charge in [-0.25, -0.2) is 0 Å². The molecular formula is C16H32N2O. The molecule has 3 heteroatoms. The van der Waals surface area contributed by atoms with Gasteiger partial charge in [0.15, 0.2) is 0 Å². The normalized spacial score (nSPS) is 31.1. The highest BCUT2D eigenvalue weighted by Crippen LogP contribution is 2.39. The van der Waals surface area contributed by atoms with Crippen molar-refractivity contribution in [3.05, 3.63) is 0 Å². The highest BCUT2D eigenvalue weighted by atomic mass is 16.5. The number of hydrogen-bond acceptors (Lipinski definition) is 3. The largest absolute Gasteiger partial charge is 0.381 e. The zero-order chi connectivity index (χ0) is 13.8. The predicted molar refractivity (Wildman–Crippen MR) is 80.5 cm³/mol. The van der Waals surface area contributed by atoms with Crippen molar-refractivity contribution in [2.45, 2.75) is 46.5 Å². The summed E-state index contributed by atoms with van der Waals surface area (Å²) < 4.78 is 5.71.